The molecule has 0 atom stereocenters. The van der Waals surface area contributed by atoms with Gasteiger partial charge in [-0.25, -0.2) is 4.98 Å². The number of H-pyrrole nitrogens is 1. The lowest BCUT2D eigenvalue weighted by atomic mass is 9.99. The van der Waals surface area contributed by atoms with Gasteiger partial charge in [0.1, 0.15) is 0 Å². The Morgan fingerprint density at radius 3 is 3.18 bits per heavy atom. The highest BCUT2D eigenvalue weighted by Gasteiger charge is 2.18. The molecule has 0 unspecified atom stereocenters. The molecular formula is C11H13N5O. The van der Waals surface area contributed by atoms with Crippen LogP contribution in [-0.2, 0) is 13.0 Å². The highest BCUT2D eigenvalue weighted by Crippen LogP contribution is 2.22. The van der Waals surface area contributed by atoms with Crippen LogP contribution in [0.15, 0.2) is 11.0 Å². The molecule has 3 heterocycles. The minimum absolute atomic E-state index is 0.114. The van der Waals surface area contributed by atoms with Crippen molar-refractivity contribution in [1.29, 1.82) is 0 Å². The second-order valence-electron chi connectivity index (χ2n) is 4.40. The molecule has 0 saturated carbocycles. The second-order valence-corrected chi connectivity index (χ2v) is 4.40. The van der Waals surface area contributed by atoms with Crippen LogP contribution >= 0.6 is 0 Å². The average molecular weight is 231 g/mol. The molecule has 1 aliphatic rings. The summed E-state index contributed by atoms with van der Waals surface area (Å²) in [6.07, 6.45) is 2.64. The SMILES string of the molecule is CN1CCc2c(cnc3nc(N)[nH]c(=O)c23)C1. The quantitative estimate of drug-likeness (QED) is 0.660. The Morgan fingerprint density at radius 2 is 2.35 bits per heavy atom. The highest BCUT2D eigenvalue weighted by molar-refractivity contribution is 5.79. The summed E-state index contributed by atoms with van der Waals surface area (Å²) in [6, 6.07) is 0. The van der Waals surface area contributed by atoms with Crippen molar-refractivity contribution in [3.8, 4) is 0 Å². The molecule has 0 spiro atoms. The molecule has 0 fully saturated rings. The van der Waals surface area contributed by atoms with Crippen LogP contribution in [-0.4, -0.2) is 33.4 Å². The van der Waals surface area contributed by atoms with Crippen molar-refractivity contribution in [2.75, 3.05) is 19.3 Å². The lowest BCUT2D eigenvalue weighted by Gasteiger charge is -2.25. The normalized spacial score (nSPS) is 16.1. The number of fused-ring (bicyclic) bond motifs is 3. The van der Waals surface area contributed by atoms with Gasteiger partial charge in [-0.05, 0) is 24.6 Å². The number of pyridine rings is 1. The molecule has 6 heteroatoms. The molecule has 0 aliphatic carbocycles. The van der Waals surface area contributed by atoms with E-state index in [1.165, 1.54) is 0 Å². The van der Waals surface area contributed by atoms with Gasteiger partial charge in [0.25, 0.3) is 5.56 Å². The number of hydrogen-bond acceptors (Lipinski definition) is 5. The molecule has 88 valence electrons. The smallest absolute Gasteiger partial charge is 0.262 e. The predicted molar refractivity (Wildman–Crippen MR) is 64.6 cm³/mol. The number of hydrogen-bond donors (Lipinski definition) is 2. The van der Waals surface area contributed by atoms with Gasteiger partial charge in [-0.2, -0.15) is 4.98 Å². The van der Waals surface area contributed by atoms with Crippen molar-refractivity contribution in [3.63, 3.8) is 0 Å². The van der Waals surface area contributed by atoms with E-state index in [0.29, 0.717) is 11.0 Å². The van der Waals surface area contributed by atoms with Crippen LogP contribution in [0.1, 0.15) is 11.1 Å². The molecule has 0 amide bonds. The first-order valence-electron chi connectivity index (χ1n) is 5.50. The van der Waals surface area contributed by atoms with Gasteiger partial charge < -0.3 is 10.6 Å². The number of likely N-dealkylation sites (N-methyl/N-ethyl adjacent to an activating group) is 1. The van der Waals surface area contributed by atoms with Crippen molar-refractivity contribution < 1.29 is 0 Å². The first kappa shape index (κ1) is 10.2. The van der Waals surface area contributed by atoms with Crippen LogP contribution in [0.3, 0.4) is 0 Å². The van der Waals surface area contributed by atoms with Gasteiger partial charge in [0, 0.05) is 19.3 Å². The first-order chi connectivity index (χ1) is 8.15. The monoisotopic (exact) mass is 231 g/mol. The summed E-state index contributed by atoms with van der Waals surface area (Å²) in [5.74, 6) is 0.114. The summed E-state index contributed by atoms with van der Waals surface area (Å²) in [5, 5.41) is 0.588. The maximum atomic E-state index is 11.9. The molecule has 2 aromatic rings. The van der Waals surface area contributed by atoms with E-state index in [1.807, 2.05) is 0 Å². The molecular weight excluding hydrogens is 218 g/mol. The molecule has 0 bridgehead atoms. The largest absolute Gasteiger partial charge is 0.369 e. The van der Waals surface area contributed by atoms with Gasteiger partial charge in [0.15, 0.2) is 5.65 Å². The van der Waals surface area contributed by atoms with E-state index in [2.05, 4.69) is 26.9 Å². The van der Waals surface area contributed by atoms with Crippen molar-refractivity contribution in [1.82, 2.24) is 19.9 Å². The first-order valence-corrected chi connectivity index (χ1v) is 5.50. The number of nitrogen functional groups attached to an aromatic ring is 1. The Bertz CT molecular complexity index is 648. The second kappa shape index (κ2) is 3.53. The maximum Gasteiger partial charge on any atom is 0.262 e. The third kappa shape index (κ3) is 1.57. The zero-order valence-corrected chi connectivity index (χ0v) is 9.53. The highest BCUT2D eigenvalue weighted by atomic mass is 16.1. The standard InChI is InChI=1S/C11H13N5O/c1-16-3-2-7-6(5-16)4-13-9-8(7)10(17)15-11(12)14-9/h4H,2-3,5H2,1H3,(H3,12,13,14,15,17). The van der Waals surface area contributed by atoms with E-state index >= 15 is 0 Å². The average Bonchev–Trinajstić information content (AvgIpc) is 2.28. The number of aromatic nitrogens is 3. The third-order valence-electron chi connectivity index (χ3n) is 3.13. The molecule has 1 aliphatic heterocycles. The summed E-state index contributed by atoms with van der Waals surface area (Å²) < 4.78 is 0. The summed E-state index contributed by atoms with van der Waals surface area (Å²) in [6.45, 7) is 1.76. The Balaban J connectivity index is 2.35. The van der Waals surface area contributed by atoms with Gasteiger partial charge >= 0.3 is 0 Å². The summed E-state index contributed by atoms with van der Waals surface area (Å²) in [7, 11) is 2.05. The molecule has 3 rings (SSSR count). The fourth-order valence-corrected chi connectivity index (χ4v) is 2.32. The van der Waals surface area contributed by atoms with E-state index in [9.17, 15) is 4.79 Å². The number of anilines is 1. The van der Waals surface area contributed by atoms with Gasteiger partial charge in [-0.15, -0.1) is 0 Å². The Hall–Kier alpha value is -1.95. The van der Waals surface area contributed by atoms with Gasteiger partial charge in [-0.1, -0.05) is 0 Å². The van der Waals surface area contributed by atoms with E-state index in [0.717, 1.165) is 30.6 Å². The molecule has 0 radical (unpaired) electrons. The Morgan fingerprint density at radius 1 is 1.53 bits per heavy atom. The maximum absolute atomic E-state index is 11.9. The van der Waals surface area contributed by atoms with Crippen LogP contribution < -0.4 is 11.3 Å². The van der Waals surface area contributed by atoms with E-state index < -0.39 is 0 Å². The minimum atomic E-state index is -0.193. The number of nitrogens with two attached hydrogens (primary N) is 1. The van der Waals surface area contributed by atoms with E-state index in [-0.39, 0.29) is 11.5 Å². The number of nitrogens with zero attached hydrogens (tertiary/aromatic N) is 3. The zero-order valence-electron chi connectivity index (χ0n) is 9.53. The van der Waals surface area contributed by atoms with Crippen LogP contribution in [0.2, 0.25) is 0 Å². The van der Waals surface area contributed by atoms with Crippen molar-refractivity contribution in [2.45, 2.75) is 13.0 Å². The molecule has 0 aromatic carbocycles. The summed E-state index contributed by atoms with van der Waals surface area (Å²) >= 11 is 0. The van der Waals surface area contributed by atoms with E-state index in [4.69, 9.17) is 5.73 Å². The summed E-state index contributed by atoms with van der Waals surface area (Å²) in [4.78, 5) is 24.9. The third-order valence-corrected chi connectivity index (χ3v) is 3.13. The van der Waals surface area contributed by atoms with Gasteiger partial charge in [0.05, 0.1) is 5.39 Å². The molecule has 3 N–H and O–H groups in total. The predicted octanol–water partition coefficient (Wildman–Crippen LogP) is -0.112. The van der Waals surface area contributed by atoms with E-state index in [1.54, 1.807) is 6.20 Å². The molecule has 2 aromatic heterocycles. The van der Waals surface area contributed by atoms with Crippen molar-refractivity contribution in [3.05, 3.63) is 27.7 Å². The van der Waals surface area contributed by atoms with Crippen LogP contribution in [0.4, 0.5) is 5.95 Å². The molecule has 6 nitrogen and oxygen atoms in total. The van der Waals surface area contributed by atoms with Crippen molar-refractivity contribution >= 4 is 17.0 Å². The fraction of sp³-hybridized carbons (Fsp3) is 0.364. The molecule has 17 heavy (non-hydrogen) atoms. The summed E-state index contributed by atoms with van der Waals surface area (Å²) in [5.41, 5.74) is 7.91. The number of rotatable bonds is 0. The minimum Gasteiger partial charge on any atom is -0.369 e. The molecule has 0 saturated heterocycles. The zero-order chi connectivity index (χ0) is 12.0. The van der Waals surface area contributed by atoms with Crippen LogP contribution in [0.5, 0.6) is 0 Å². The van der Waals surface area contributed by atoms with Crippen LogP contribution in [0, 0.1) is 0 Å². The number of aromatic amines is 1. The fourth-order valence-electron chi connectivity index (χ4n) is 2.32. The Kier molecular flexibility index (Phi) is 2.12. The van der Waals surface area contributed by atoms with Crippen LogP contribution in [0.25, 0.3) is 11.0 Å². The number of nitrogens with one attached hydrogen (secondary N) is 1. The Labute approximate surface area is 97.5 Å². The lowest BCUT2D eigenvalue weighted by Crippen LogP contribution is -2.28. The topological polar surface area (TPSA) is 87.9 Å². The van der Waals surface area contributed by atoms with Gasteiger partial charge in [0.2, 0.25) is 5.95 Å². The van der Waals surface area contributed by atoms with Crippen molar-refractivity contribution in [2.24, 2.45) is 0 Å². The lowest BCUT2D eigenvalue weighted by molar-refractivity contribution is 0.313. The van der Waals surface area contributed by atoms with Gasteiger partial charge in [-0.3, -0.25) is 9.78 Å².